The van der Waals surface area contributed by atoms with E-state index in [4.69, 9.17) is 0 Å². The molecule has 2 atom stereocenters. The van der Waals surface area contributed by atoms with E-state index in [0.29, 0.717) is 12.5 Å². The van der Waals surface area contributed by atoms with Gasteiger partial charge in [0.25, 0.3) is 0 Å². The number of carbonyl (C=O) groups is 1. The van der Waals surface area contributed by atoms with Gasteiger partial charge in [-0.15, -0.1) is 0 Å². The van der Waals surface area contributed by atoms with Gasteiger partial charge in [-0.1, -0.05) is 19.1 Å². The van der Waals surface area contributed by atoms with Crippen LogP contribution in [-0.2, 0) is 4.79 Å². The average Bonchev–Trinajstić information content (AvgIpc) is 3.06. The number of rotatable bonds is 6. The molecule has 1 aliphatic rings. The summed E-state index contributed by atoms with van der Waals surface area (Å²) in [5.41, 5.74) is 3.48. The Labute approximate surface area is 143 Å². The van der Waals surface area contributed by atoms with Gasteiger partial charge >= 0.3 is 0 Å². The number of aromatic nitrogens is 1. The van der Waals surface area contributed by atoms with Crippen LogP contribution in [0.3, 0.4) is 0 Å². The maximum atomic E-state index is 12.0. The first-order chi connectivity index (χ1) is 11.7. The predicted octanol–water partition coefficient (Wildman–Crippen LogP) is 4.01. The van der Waals surface area contributed by atoms with Crippen molar-refractivity contribution in [2.24, 2.45) is 0 Å². The summed E-state index contributed by atoms with van der Waals surface area (Å²) in [5.74, 6) is 0.232. The molecular weight excluding hydrogens is 298 g/mol. The van der Waals surface area contributed by atoms with Crippen molar-refractivity contribution in [1.29, 1.82) is 0 Å². The fourth-order valence-corrected chi connectivity index (χ4v) is 3.33. The van der Waals surface area contributed by atoms with Crippen LogP contribution in [0, 0.1) is 0 Å². The highest BCUT2D eigenvalue weighted by Gasteiger charge is 2.22. The van der Waals surface area contributed by atoms with Gasteiger partial charge in [-0.25, -0.2) is 0 Å². The zero-order valence-corrected chi connectivity index (χ0v) is 14.4. The van der Waals surface area contributed by atoms with Gasteiger partial charge in [0.2, 0.25) is 5.91 Å². The van der Waals surface area contributed by atoms with Crippen molar-refractivity contribution in [3.63, 3.8) is 0 Å². The van der Waals surface area contributed by atoms with Crippen LogP contribution in [0.15, 0.2) is 48.8 Å². The third kappa shape index (κ3) is 3.65. The molecule has 4 nitrogen and oxygen atoms in total. The Morgan fingerprint density at radius 3 is 2.67 bits per heavy atom. The number of hydrogen-bond donors (Lipinski definition) is 1. The van der Waals surface area contributed by atoms with E-state index in [2.05, 4.69) is 48.4 Å². The lowest BCUT2D eigenvalue weighted by molar-refractivity contribution is -0.117. The lowest BCUT2D eigenvalue weighted by atomic mass is 10.0. The monoisotopic (exact) mass is 323 g/mol. The molecule has 1 aromatic carbocycles. The molecule has 2 heterocycles. The van der Waals surface area contributed by atoms with Crippen LogP contribution in [0.25, 0.3) is 0 Å². The van der Waals surface area contributed by atoms with Crippen LogP contribution < -0.4 is 10.2 Å². The summed E-state index contributed by atoms with van der Waals surface area (Å²) < 4.78 is 0. The fourth-order valence-electron chi connectivity index (χ4n) is 3.33. The van der Waals surface area contributed by atoms with Gasteiger partial charge in [-0.05, 0) is 55.2 Å². The van der Waals surface area contributed by atoms with Gasteiger partial charge in [-0.3, -0.25) is 9.78 Å². The Morgan fingerprint density at radius 1 is 1.21 bits per heavy atom. The summed E-state index contributed by atoms with van der Waals surface area (Å²) >= 11 is 0. The van der Waals surface area contributed by atoms with E-state index in [-0.39, 0.29) is 11.9 Å². The number of amides is 1. The van der Waals surface area contributed by atoms with Crippen molar-refractivity contribution in [2.45, 2.75) is 45.2 Å². The van der Waals surface area contributed by atoms with Crippen molar-refractivity contribution in [1.82, 2.24) is 10.3 Å². The molecule has 0 bridgehead atoms. The average molecular weight is 323 g/mol. The first kappa shape index (κ1) is 16.7. The molecule has 3 rings (SSSR count). The number of anilines is 1. The summed E-state index contributed by atoms with van der Waals surface area (Å²) in [5, 5.41) is 3.70. The van der Waals surface area contributed by atoms with Crippen LogP contribution in [0.4, 0.5) is 5.69 Å². The Balaban J connectivity index is 1.75. The molecule has 1 saturated heterocycles. The van der Waals surface area contributed by atoms with E-state index in [0.717, 1.165) is 25.1 Å². The van der Waals surface area contributed by atoms with Crippen molar-refractivity contribution in [2.75, 3.05) is 11.4 Å². The number of nitrogens with zero attached hydrogens (tertiary/aromatic N) is 2. The van der Waals surface area contributed by atoms with Gasteiger partial charge in [0.05, 0.1) is 0 Å². The lowest BCUT2D eigenvalue weighted by Gasteiger charge is -2.24. The molecule has 0 spiro atoms. The molecule has 4 heteroatoms. The normalized spacial score (nSPS) is 17.1. The topological polar surface area (TPSA) is 45.2 Å². The van der Waals surface area contributed by atoms with E-state index < -0.39 is 0 Å². The molecule has 0 saturated carbocycles. The van der Waals surface area contributed by atoms with Crippen molar-refractivity contribution in [3.05, 3.63) is 59.9 Å². The smallest absolute Gasteiger partial charge is 0.227 e. The first-order valence-electron chi connectivity index (χ1n) is 8.75. The molecule has 1 aromatic heterocycles. The maximum Gasteiger partial charge on any atom is 0.227 e. The molecule has 24 heavy (non-hydrogen) atoms. The Kier molecular flexibility index (Phi) is 5.26. The van der Waals surface area contributed by atoms with Gasteiger partial charge in [0.1, 0.15) is 0 Å². The van der Waals surface area contributed by atoms with Crippen LogP contribution in [0.2, 0.25) is 0 Å². The Morgan fingerprint density at radius 2 is 2.00 bits per heavy atom. The molecule has 2 aromatic rings. The minimum absolute atomic E-state index is 0.209. The highest BCUT2D eigenvalue weighted by atomic mass is 16.2. The third-order valence-electron chi connectivity index (χ3n) is 4.72. The van der Waals surface area contributed by atoms with Crippen molar-refractivity contribution in [3.8, 4) is 0 Å². The minimum atomic E-state index is 0.209. The van der Waals surface area contributed by atoms with E-state index in [9.17, 15) is 4.79 Å². The molecule has 1 fully saturated rings. The van der Waals surface area contributed by atoms with E-state index in [1.165, 1.54) is 11.1 Å². The molecule has 0 aliphatic carbocycles. The second kappa shape index (κ2) is 7.58. The van der Waals surface area contributed by atoms with Gasteiger partial charge in [0, 0.05) is 43.1 Å². The molecule has 1 N–H and O–H groups in total. The lowest BCUT2D eigenvalue weighted by Crippen LogP contribution is -2.26. The Hall–Kier alpha value is -2.20. The molecular formula is C20H25N3O. The Bertz CT molecular complexity index is 686. The zero-order chi connectivity index (χ0) is 16.9. The van der Waals surface area contributed by atoms with Gasteiger partial charge in [0.15, 0.2) is 0 Å². The van der Waals surface area contributed by atoms with Crippen molar-refractivity contribution >= 4 is 11.6 Å². The minimum Gasteiger partial charge on any atom is -0.312 e. The van der Waals surface area contributed by atoms with E-state index in [1.807, 2.05) is 29.4 Å². The second-order valence-corrected chi connectivity index (χ2v) is 6.37. The number of carbonyl (C=O) groups excluding carboxylic acids is 1. The summed E-state index contributed by atoms with van der Waals surface area (Å²) in [7, 11) is 0. The second-order valence-electron chi connectivity index (χ2n) is 6.37. The van der Waals surface area contributed by atoms with Crippen LogP contribution >= 0.6 is 0 Å². The number of nitrogens with one attached hydrogen (secondary N) is 1. The largest absolute Gasteiger partial charge is 0.312 e. The maximum absolute atomic E-state index is 12.0. The van der Waals surface area contributed by atoms with E-state index >= 15 is 0 Å². The molecule has 126 valence electrons. The van der Waals surface area contributed by atoms with Crippen LogP contribution in [0.5, 0.6) is 0 Å². The highest BCUT2D eigenvalue weighted by molar-refractivity contribution is 5.95. The van der Waals surface area contributed by atoms with Crippen molar-refractivity contribution < 1.29 is 4.79 Å². The molecule has 1 amide bonds. The summed E-state index contributed by atoms with van der Waals surface area (Å²) in [6, 6.07) is 13.0. The number of pyridine rings is 1. The molecule has 1 aliphatic heterocycles. The predicted molar refractivity (Wildman–Crippen MR) is 96.8 cm³/mol. The van der Waals surface area contributed by atoms with E-state index in [1.54, 1.807) is 0 Å². The van der Waals surface area contributed by atoms with Gasteiger partial charge in [-0.2, -0.15) is 0 Å². The number of benzene rings is 1. The highest BCUT2D eigenvalue weighted by Crippen LogP contribution is 2.27. The molecule has 0 unspecified atom stereocenters. The third-order valence-corrected chi connectivity index (χ3v) is 4.72. The van der Waals surface area contributed by atoms with Crippen LogP contribution in [0.1, 0.15) is 56.3 Å². The summed E-state index contributed by atoms with van der Waals surface area (Å²) in [6.45, 7) is 5.19. The van der Waals surface area contributed by atoms with Crippen LogP contribution in [-0.4, -0.2) is 17.4 Å². The first-order valence-corrected chi connectivity index (χ1v) is 8.75. The quantitative estimate of drug-likeness (QED) is 0.873. The zero-order valence-electron chi connectivity index (χ0n) is 14.4. The standard InChI is InChI=1S/C20H25N3O/c1-3-19(16-9-11-21-12-10-16)22-15(2)17-6-4-7-18(14-17)23-13-5-8-20(23)24/h4,6-7,9-12,14-15,19,22H,3,5,8,13H2,1-2H3/t15-,19-/m0/s1. The summed E-state index contributed by atoms with van der Waals surface area (Å²) in [4.78, 5) is 18.0. The number of hydrogen-bond acceptors (Lipinski definition) is 3. The fraction of sp³-hybridized carbons (Fsp3) is 0.400. The molecule has 0 radical (unpaired) electrons. The van der Waals surface area contributed by atoms with Gasteiger partial charge < -0.3 is 10.2 Å². The SMILES string of the molecule is CC[C@H](N[C@@H](C)c1cccc(N2CCCC2=O)c1)c1ccncc1. The summed E-state index contributed by atoms with van der Waals surface area (Å²) in [6.07, 6.45) is 6.31.